The molecule has 7 heteroatoms. The van der Waals surface area contributed by atoms with Crippen LogP contribution in [0.25, 0.3) is 0 Å². The number of carbonyl (C=O) groups is 1. The van der Waals surface area contributed by atoms with Crippen molar-refractivity contribution < 1.29 is 4.79 Å². The number of amides is 1. The van der Waals surface area contributed by atoms with Crippen LogP contribution in [0.4, 0.5) is 5.82 Å². The molecule has 1 aromatic heterocycles. The van der Waals surface area contributed by atoms with Gasteiger partial charge in [-0.15, -0.1) is 0 Å². The molecule has 1 aliphatic rings. The summed E-state index contributed by atoms with van der Waals surface area (Å²) in [6.07, 6.45) is 0. The van der Waals surface area contributed by atoms with E-state index in [4.69, 9.17) is 16.6 Å². The standard InChI is InChI=1S/C21H28ClN5O/c1-15(2)21-24-16(3)12-19(25-21)27-10-8-26(9-11-27)14-20(28)23-13-17-4-6-18(22)7-5-17/h4-7,12,15H,8-11,13-14H2,1-3H3,(H,23,28). The topological polar surface area (TPSA) is 61.4 Å². The summed E-state index contributed by atoms with van der Waals surface area (Å²) in [7, 11) is 0. The van der Waals surface area contributed by atoms with Gasteiger partial charge in [-0.05, 0) is 24.6 Å². The average Bonchev–Trinajstić information content (AvgIpc) is 2.67. The van der Waals surface area contributed by atoms with Gasteiger partial charge in [0.25, 0.3) is 0 Å². The van der Waals surface area contributed by atoms with E-state index >= 15 is 0 Å². The number of aryl methyl sites for hydroxylation is 1. The van der Waals surface area contributed by atoms with Gasteiger partial charge in [0.1, 0.15) is 11.6 Å². The lowest BCUT2D eigenvalue weighted by Gasteiger charge is -2.35. The van der Waals surface area contributed by atoms with Crippen molar-refractivity contribution >= 4 is 23.3 Å². The molecule has 1 amide bonds. The number of hydrogen-bond acceptors (Lipinski definition) is 5. The maximum absolute atomic E-state index is 12.3. The molecular weight excluding hydrogens is 374 g/mol. The van der Waals surface area contributed by atoms with E-state index in [1.165, 1.54) is 0 Å². The Hall–Kier alpha value is -2.18. The van der Waals surface area contributed by atoms with E-state index in [1.807, 2.05) is 37.3 Å². The summed E-state index contributed by atoms with van der Waals surface area (Å²) in [4.78, 5) is 26.0. The fraction of sp³-hybridized carbons (Fsp3) is 0.476. The Bertz CT molecular complexity index is 801. The summed E-state index contributed by atoms with van der Waals surface area (Å²) >= 11 is 5.89. The van der Waals surface area contributed by atoms with Gasteiger partial charge >= 0.3 is 0 Å². The average molecular weight is 402 g/mol. The molecule has 1 aromatic carbocycles. The number of hydrogen-bond donors (Lipinski definition) is 1. The van der Waals surface area contributed by atoms with Gasteiger partial charge in [-0.3, -0.25) is 9.69 Å². The first-order valence-electron chi connectivity index (χ1n) is 9.75. The summed E-state index contributed by atoms with van der Waals surface area (Å²) in [6, 6.07) is 9.57. The van der Waals surface area contributed by atoms with Gasteiger partial charge in [-0.25, -0.2) is 9.97 Å². The predicted molar refractivity (Wildman–Crippen MR) is 113 cm³/mol. The molecule has 2 heterocycles. The van der Waals surface area contributed by atoms with E-state index in [1.54, 1.807) is 0 Å². The van der Waals surface area contributed by atoms with E-state index in [2.05, 4.69) is 33.9 Å². The fourth-order valence-corrected chi connectivity index (χ4v) is 3.32. The second-order valence-corrected chi connectivity index (χ2v) is 7.98. The van der Waals surface area contributed by atoms with Crippen LogP contribution in [-0.2, 0) is 11.3 Å². The highest BCUT2D eigenvalue weighted by Gasteiger charge is 2.21. The molecule has 1 N–H and O–H groups in total. The maximum atomic E-state index is 12.3. The van der Waals surface area contributed by atoms with Gasteiger partial charge in [0, 0.05) is 55.4 Å². The molecule has 150 valence electrons. The van der Waals surface area contributed by atoms with Crippen LogP contribution in [0.2, 0.25) is 5.02 Å². The van der Waals surface area contributed by atoms with Crippen LogP contribution >= 0.6 is 11.6 Å². The highest BCUT2D eigenvalue weighted by atomic mass is 35.5. The number of nitrogens with zero attached hydrogens (tertiary/aromatic N) is 4. The first-order chi connectivity index (χ1) is 13.4. The Labute approximate surface area is 171 Å². The number of aromatic nitrogens is 2. The fourth-order valence-electron chi connectivity index (χ4n) is 3.19. The van der Waals surface area contributed by atoms with Crippen molar-refractivity contribution in [1.29, 1.82) is 0 Å². The van der Waals surface area contributed by atoms with Gasteiger partial charge in [0.2, 0.25) is 5.91 Å². The van der Waals surface area contributed by atoms with Crippen molar-refractivity contribution in [3.8, 4) is 0 Å². The number of carbonyl (C=O) groups excluding carboxylic acids is 1. The van der Waals surface area contributed by atoms with Gasteiger partial charge in [-0.1, -0.05) is 37.6 Å². The van der Waals surface area contributed by atoms with E-state index < -0.39 is 0 Å². The summed E-state index contributed by atoms with van der Waals surface area (Å²) in [5.74, 6) is 2.23. The smallest absolute Gasteiger partial charge is 0.234 e. The monoisotopic (exact) mass is 401 g/mol. The van der Waals surface area contributed by atoms with Crippen molar-refractivity contribution in [2.24, 2.45) is 0 Å². The molecule has 6 nitrogen and oxygen atoms in total. The van der Waals surface area contributed by atoms with Crippen LogP contribution < -0.4 is 10.2 Å². The highest BCUT2D eigenvalue weighted by molar-refractivity contribution is 6.30. The molecule has 0 spiro atoms. The minimum Gasteiger partial charge on any atom is -0.354 e. The quantitative estimate of drug-likeness (QED) is 0.806. The molecule has 28 heavy (non-hydrogen) atoms. The molecule has 1 saturated heterocycles. The second kappa shape index (κ2) is 9.34. The van der Waals surface area contributed by atoms with Crippen molar-refractivity contribution in [3.05, 3.63) is 52.4 Å². The lowest BCUT2D eigenvalue weighted by molar-refractivity contribution is -0.122. The summed E-state index contributed by atoms with van der Waals surface area (Å²) < 4.78 is 0. The van der Waals surface area contributed by atoms with Crippen molar-refractivity contribution in [1.82, 2.24) is 20.2 Å². The second-order valence-electron chi connectivity index (χ2n) is 7.55. The Morgan fingerprint density at radius 3 is 2.46 bits per heavy atom. The normalized spacial score (nSPS) is 15.1. The Balaban J connectivity index is 1.47. The molecule has 3 rings (SSSR count). The highest BCUT2D eigenvalue weighted by Crippen LogP contribution is 2.18. The van der Waals surface area contributed by atoms with Crippen LogP contribution in [0.3, 0.4) is 0 Å². The maximum Gasteiger partial charge on any atom is 0.234 e. The zero-order valence-corrected chi connectivity index (χ0v) is 17.5. The molecule has 1 fully saturated rings. The van der Waals surface area contributed by atoms with Crippen LogP contribution in [0.5, 0.6) is 0 Å². The first-order valence-corrected chi connectivity index (χ1v) is 10.1. The number of piperazine rings is 1. The largest absolute Gasteiger partial charge is 0.354 e. The third-order valence-corrected chi connectivity index (χ3v) is 5.09. The zero-order valence-electron chi connectivity index (χ0n) is 16.8. The number of anilines is 1. The van der Waals surface area contributed by atoms with Crippen molar-refractivity contribution in [2.45, 2.75) is 33.2 Å². The van der Waals surface area contributed by atoms with Crippen LogP contribution in [0.1, 0.15) is 36.8 Å². The summed E-state index contributed by atoms with van der Waals surface area (Å²) in [6.45, 7) is 10.6. The molecule has 0 bridgehead atoms. The molecule has 0 atom stereocenters. The summed E-state index contributed by atoms with van der Waals surface area (Å²) in [5, 5.41) is 3.68. The summed E-state index contributed by atoms with van der Waals surface area (Å²) in [5.41, 5.74) is 2.04. The van der Waals surface area contributed by atoms with Crippen molar-refractivity contribution in [2.75, 3.05) is 37.6 Å². The number of halogens is 1. The third kappa shape index (κ3) is 5.66. The van der Waals surface area contributed by atoms with Gasteiger partial charge in [0.05, 0.1) is 6.54 Å². The Morgan fingerprint density at radius 2 is 1.82 bits per heavy atom. The van der Waals surface area contributed by atoms with Gasteiger partial charge in [-0.2, -0.15) is 0 Å². The Morgan fingerprint density at radius 1 is 1.14 bits per heavy atom. The predicted octanol–water partition coefficient (Wildman–Crippen LogP) is 3.00. The molecule has 0 aliphatic carbocycles. The van der Waals surface area contributed by atoms with Crippen molar-refractivity contribution in [3.63, 3.8) is 0 Å². The van der Waals surface area contributed by atoms with Crippen LogP contribution in [-0.4, -0.2) is 53.5 Å². The lowest BCUT2D eigenvalue weighted by Crippen LogP contribution is -2.49. The first kappa shape index (κ1) is 20.6. The SMILES string of the molecule is Cc1cc(N2CCN(CC(=O)NCc3ccc(Cl)cc3)CC2)nc(C(C)C)n1. The van der Waals surface area contributed by atoms with E-state index in [-0.39, 0.29) is 5.91 Å². The molecule has 2 aromatic rings. The minimum absolute atomic E-state index is 0.0448. The number of nitrogens with one attached hydrogen (secondary N) is 1. The van der Waals surface area contributed by atoms with Crippen LogP contribution in [0.15, 0.2) is 30.3 Å². The molecule has 0 saturated carbocycles. The number of benzene rings is 1. The zero-order chi connectivity index (χ0) is 20.1. The molecule has 0 radical (unpaired) electrons. The van der Waals surface area contributed by atoms with E-state index in [0.717, 1.165) is 49.1 Å². The van der Waals surface area contributed by atoms with Crippen LogP contribution in [0, 0.1) is 6.92 Å². The number of rotatable bonds is 6. The molecule has 0 unspecified atom stereocenters. The molecular formula is C21H28ClN5O. The third-order valence-electron chi connectivity index (χ3n) is 4.84. The van der Waals surface area contributed by atoms with Gasteiger partial charge in [0.15, 0.2) is 0 Å². The van der Waals surface area contributed by atoms with E-state index in [9.17, 15) is 4.79 Å². The Kier molecular flexibility index (Phi) is 6.86. The molecule has 1 aliphatic heterocycles. The van der Waals surface area contributed by atoms with E-state index in [0.29, 0.717) is 24.0 Å². The lowest BCUT2D eigenvalue weighted by atomic mass is 10.2. The van der Waals surface area contributed by atoms with Gasteiger partial charge < -0.3 is 10.2 Å². The minimum atomic E-state index is 0.0448.